The summed E-state index contributed by atoms with van der Waals surface area (Å²) in [6.45, 7) is 4.54. The van der Waals surface area contributed by atoms with Crippen molar-refractivity contribution in [3.63, 3.8) is 0 Å². The maximum Gasteiger partial charge on any atom is 0.260 e. The fourth-order valence-corrected chi connectivity index (χ4v) is 2.42. The molecule has 0 radical (unpaired) electrons. The molecule has 0 unspecified atom stereocenters. The lowest BCUT2D eigenvalue weighted by molar-refractivity contribution is -0.132. The molecule has 0 aromatic heterocycles. The SMILES string of the molecule is Cc1ccc(OCC(=O)N(C)Cc2cccc(Cl)c2)c(C)c1. The number of benzene rings is 2. The zero-order chi connectivity index (χ0) is 16.1. The standard InChI is InChI=1S/C18H20ClNO2/c1-13-7-8-17(14(2)9-13)22-12-18(21)20(3)11-15-5-4-6-16(19)10-15/h4-10H,11-12H2,1-3H3. The molecule has 1 amide bonds. The second-order valence-corrected chi connectivity index (χ2v) is 5.87. The number of aryl methyl sites for hydroxylation is 2. The van der Waals surface area contributed by atoms with Crippen LogP contribution >= 0.6 is 11.6 Å². The number of likely N-dealkylation sites (N-methyl/N-ethyl adjacent to an activating group) is 1. The van der Waals surface area contributed by atoms with Gasteiger partial charge in [0, 0.05) is 18.6 Å². The van der Waals surface area contributed by atoms with Crippen LogP contribution in [0.2, 0.25) is 5.02 Å². The van der Waals surface area contributed by atoms with Crippen molar-refractivity contribution in [2.75, 3.05) is 13.7 Å². The molecule has 0 aliphatic carbocycles. The van der Waals surface area contributed by atoms with E-state index in [2.05, 4.69) is 0 Å². The molecule has 0 atom stereocenters. The molecule has 0 aliphatic rings. The highest BCUT2D eigenvalue weighted by Gasteiger charge is 2.11. The Balaban J connectivity index is 1.91. The number of hydrogen-bond acceptors (Lipinski definition) is 2. The summed E-state index contributed by atoms with van der Waals surface area (Å²) in [6, 6.07) is 13.4. The van der Waals surface area contributed by atoms with E-state index in [1.165, 1.54) is 5.56 Å². The first-order valence-electron chi connectivity index (χ1n) is 7.14. The summed E-state index contributed by atoms with van der Waals surface area (Å²) in [5.74, 6) is 0.676. The van der Waals surface area contributed by atoms with Crippen LogP contribution in [0.5, 0.6) is 5.75 Å². The van der Waals surface area contributed by atoms with Crippen LogP contribution in [-0.4, -0.2) is 24.5 Å². The van der Waals surface area contributed by atoms with Crippen molar-refractivity contribution >= 4 is 17.5 Å². The number of carbonyl (C=O) groups is 1. The number of ether oxygens (including phenoxy) is 1. The van der Waals surface area contributed by atoms with Crippen LogP contribution in [-0.2, 0) is 11.3 Å². The van der Waals surface area contributed by atoms with Gasteiger partial charge in [-0.3, -0.25) is 4.79 Å². The molecule has 22 heavy (non-hydrogen) atoms. The average molecular weight is 318 g/mol. The van der Waals surface area contributed by atoms with Crippen molar-refractivity contribution in [3.8, 4) is 5.75 Å². The minimum Gasteiger partial charge on any atom is -0.484 e. The second kappa shape index (κ2) is 7.32. The number of carbonyl (C=O) groups excluding carboxylic acids is 1. The zero-order valence-corrected chi connectivity index (χ0v) is 13.9. The maximum absolute atomic E-state index is 12.2. The third kappa shape index (κ3) is 4.50. The first-order valence-corrected chi connectivity index (χ1v) is 7.52. The van der Waals surface area contributed by atoms with Crippen LogP contribution in [0.25, 0.3) is 0 Å². The molecule has 0 fully saturated rings. The highest BCUT2D eigenvalue weighted by Crippen LogP contribution is 2.19. The van der Waals surface area contributed by atoms with Gasteiger partial charge in [0.15, 0.2) is 6.61 Å². The minimum atomic E-state index is -0.0695. The van der Waals surface area contributed by atoms with Crippen LogP contribution in [0.4, 0.5) is 0 Å². The van der Waals surface area contributed by atoms with E-state index < -0.39 is 0 Å². The van der Waals surface area contributed by atoms with E-state index in [0.717, 1.165) is 16.9 Å². The number of rotatable bonds is 5. The summed E-state index contributed by atoms with van der Waals surface area (Å²) in [6.07, 6.45) is 0. The van der Waals surface area contributed by atoms with Crippen molar-refractivity contribution in [1.82, 2.24) is 4.90 Å². The van der Waals surface area contributed by atoms with Gasteiger partial charge in [0.05, 0.1) is 0 Å². The van der Waals surface area contributed by atoms with E-state index in [1.54, 1.807) is 11.9 Å². The van der Waals surface area contributed by atoms with Crippen LogP contribution in [0.1, 0.15) is 16.7 Å². The van der Waals surface area contributed by atoms with Gasteiger partial charge in [-0.25, -0.2) is 0 Å². The first-order chi connectivity index (χ1) is 10.5. The van der Waals surface area contributed by atoms with E-state index in [9.17, 15) is 4.79 Å². The van der Waals surface area contributed by atoms with Gasteiger partial charge >= 0.3 is 0 Å². The Morgan fingerprint density at radius 2 is 1.95 bits per heavy atom. The Labute approximate surface area is 136 Å². The fourth-order valence-electron chi connectivity index (χ4n) is 2.21. The Morgan fingerprint density at radius 1 is 1.18 bits per heavy atom. The third-order valence-electron chi connectivity index (χ3n) is 3.42. The number of nitrogens with zero attached hydrogens (tertiary/aromatic N) is 1. The molecule has 0 N–H and O–H groups in total. The van der Waals surface area contributed by atoms with Gasteiger partial charge in [-0.15, -0.1) is 0 Å². The molecule has 116 valence electrons. The van der Waals surface area contributed by atoms with Gasteiger partial charge in [0.2, 0.25) is 0 Å². The zero-order valence-electron chi connectivity index (χ0n) is 13.1. The molecule has 4 heteroatoms. The van der Waals surface area contributed by atoms with Crippen LogP contribution < -0.4 is 4.74 Å². The van der Waals surface area contributed by atoms with Gasteiger partial charge in [-0.1, -0.05) is 41.4 Å². The number of halogens is 1. The quantitative estimate of drug-likeness (QED) is 0.834. The molecule has 0 spiro atoms. The summed E-state index contributed by atoms with van der Waals surface area (Å²) in [5, 5.41) is 0.671. The molecule has 3 nitrogen and oxygen atoms in total. The minimum absolute atomic E-state index is 0.0287. The Kier molecular flexibility index (Phi) is 5.45. The average Bonchev–Trinajstić information content (AvgIpc) is 2.46. The van der Waals surface area contributed by atoms with E-state index in [4.69, 9.17) is 16.3 Å². The Bertz CT molecular complexity index is 670. The second-order valence-electron chi connectivity index (χ2n) is 5.44. The lowest BCUT2D eigenvalue weighted by atomic mass is 10.1. The molecule has 2 aromatic carbocycles. The van der Waals surface area contributed by atoms with Gasteiger partial charge in [-0.2, -0.15) is 0 Å². The van der Waals surface area contributed by atoms with Crippen molar-refractivity contribution in [3.05, 3.63) is 64.2 Å². The molecular formula is C18H20ClNO2. The highest BCUT2D eigenvalue weighted by atomic mass is 35.5. The summed E-state index contributed by atoms with van der Waals surface area (Å²) in [5.41, 5.74) is 3.20. The van der Waals surface area contributed by atoms with E-state index >= 15 is 0 Å². The molecule has 0 bridgehead atoms. The van der Waals surface area contributed by atoms with Gasteiger partial charge in [-0.05, 0) is 43.2 Å². The predicted octanol–water partition coefficient (Wildman–Crippen LogP) is 3.99. The van der Waals surface area contributed by atoms with Crippen LogP contribution in [0.3, 0.4) is 0 Å². The summed E-state index contributed by atoms with van der Waals surface area (Å²) >= 11 is 5.95. The molecule has 2 rings (SSSR count). The highest BCUT2D eigenvalue weighted by molar-refractivity contribution is 6.30. The maximum atomic E-state index is 12.2. The normalized spacial score (nSPS) is 10.4. The van der Waals surface area contributed by atoms with Crippen molar-refractivity contribution in [1.29, 1.82) is 0 Å². The Hall–Kier alpha value is -2.00. The van der Waals surface area contributed by atoms with E-state index in [1.807, 2.05) is 56.3 Å². The molecular weight excluding hydrogens is 298 g/mol. The Morgan fingerprint density at radius 3 is 2.64 bits per heavy atom. The lowest BCUT2D eigenvalue weighted by Gasteiger charge is -2.18. The monoisotopic (exact) mass is 317 g/mol. The van der Waals surface area contributed by atoms with Crippen molar-refractivity contribution in [2.24, 2.45) is 0 Å². The summed E-state index contributed by atoms with van der Waals surface area (Å²) < 4.78 is 5.62. The van der Waals surface area contributed by atoms with Gasteiger partial charge in [0.1, 0.15) is 5.75 Å². The van der Waals surface area contributed by atoms with Crippen LogP contribution in [0.15, 0.2) is 42.5 Å². The number of hydrogen-bond donors (Lipinski definition) is 0. The number of amides is 1. The van der Waals surface area contributed by atoms with Crippen LogP contribution in [0, 0.1) is 13.8 Å². The van der Waals surface area contributed by atoms with Gasteiger partial charge in [0.25, 0.3) is 5.91 Å². The van der Waals surface area contributed by atoms with Crippen molar-refractivity contribution < 1.29 is 9.53 Å². The largest absolute Gasteiger partial charge is 0.484 e. The third-order valence-corrected chi connectivity index (χ3v) is 3.65. The topological polar surface area (TPSA) is 29.5 Å². The lowest BCUT2D eigenvalue weighted by Crippen LogP contribution is -2.31. The molecule has 0 saturated carbocycles. The van der Waals surface area contributed by atoms with E-state index in [0.29, 0.717) is 11.6 Å². The first kappa shape index (κ1) is 16.4. The molecule has 0 aliphatic heterocycles. The summed E-state index contributed by atoms with van der Waals surface area (Å²) in [7, 11) is 1.76. The summed E-state index contributed by atoms with van der Waals surface area (Å²) in [4.78, 5) is 13.8. The van der Waals surface area contributed by atoms with Gasteiger partial charge < -0.3 is 9.64 Å². The molecule has 0 heterocycles. The van der Waals surface area contributed by atoms with Crippen molar-refractivity contribution in [2.45, 2.75) is 20.4 Å². The van der Waals surface area contributed by atoms with E-state index in [-0.39, 0.29) is 12.5 Å². The molecule has 0 saturated heterocycles. The smallest absolute Gasteiger partial charge is 0.260 e. The molecule has 2 aromatic rings. The predicted molar refractivity (Wildman–Crippen MR) is 89.3 cm³/mol. The fraction of sp³-hybridized carbons (Fsp3) is 0.278.